The maximum atomic E-state index is 12.3. The number of hydrogen-bond acceptors (Lipinski definition) is 9. The van der Waals surface area contributed by atoms with E-state index in [9.17, 15) is 9.59 Å². The molecular weight excluding hydrogens is 524 g/mol. The summed E-state index contributed by atoms with van der Waals surface area (Å²) in [5, 5.41) is 12.6. The minimum absolute atomic E-state index is 0.0927. The van der Waals surface area contributed by atoms with Crippen molar-refractivity contribution in [2.75, 3.05) is 38.7 Å². The monoisotopic (exact) mass is 564 g/mol. The molecule has 1 atom stereocenters. The summed E-state index contributed by atoms with van der Waals surface area (Å²) < 4.78 is 16.7. The fourth-order valence-corrected chi connectivity index (χ4v) is 4.71. The third-order valence-electron chi connectivity index (χ3n) is 7.00. The van der Waals surface area contributed by atoms with E-state index in [0.29, 0.717) is 42.6 Å². The normalized spacial score (nSPS) is 14.9. The summed E-state index contributed by atoms with van der Waals surface area (Å²) in [6.45, 7) is 10.00. The van der Waals surface area contributed by atoms with Crippen molar-refractivity contribution in [3.05, 3.63) is 42.2 Å². The molecule has 41 heavy (non-hydrogen) atoms. The Morgan fingerprint density at radius 2 is 1.88 bits per heavy atom. The quantitative estimate of drug-likeness (QED) is 0.336. The van der Waals surface area contributed by atoms with E-state index in [-0.39, 0.29) is 17.8 Å². The number of anilines is 1. The number of nitrogens with one attached hydrogen (secondary N) is 1. The summed E-state index contributed by atoms with van der Waals surface area (Å²) in [5.41, 5.74) is 8.30. The van der Waals surface area contributed by atoms with Crippen molar-refractivity contribution in [1.82, 2.24) is 20.1 Å². The van der Waals surface area contributed by atoms with Gasteiger partial charge >= 0.3 is 6.09 Å². The molecule has 1 saturated heterocycles. The number of rotatable bonds is 10. The summed E-state index contributed by atoms with van der Waals surface area (Å²) >= 11 is 0. The van der Waals surface area contributed by atoms with E-state index in [1.807, 2.05) is 51.1 Å². The van der Waals surface area contributed by atoms with Crippen LogP contribution in [0, 0.1) is 5.92 Å². The second-order valence-electron chi connectivity index (χ2n) is 11.4. The van der Waals surface area contributed by atoms with Gasteiger partial charge in [-0.3, -0.25) is 4.79 Å². The van der Waals surface area contributed by atoms with E-state index in [4.69, 9.17) is 19.9 Å². The average molecular weight is 565 g/mol. The molecule has 220 valence electrons. The molecule has 0 spiro atoms. The molecule has 4 rings (SSSR count). The molecule has 3 heterocycles. The molecule has 11 nitrogen and oxygen atoms in total. The van der Waals surface area contributed by atoms with E-state index in [1.54, 1.807) is 13.2 Å². The van der Waals surface area contributed by atoms with Crippen molar-refractivity contribution in [3.63, 3.8) is 0 Å². The molecule has 0 radical (unpaired) electrons. The Bertz CT molecular complexity index is 1350. The van der Waals surface area contributed by atoms with Gasteiger partial charge in [0.25, 0.3) is 5.91 Å². The SMILES string of the molecule is CC(Nc1c(C(N)=O)nnc2ccc(-c3ccc(OCCCN(C)C(=O)OC(C)(C)C)nc3)cc12)C1CCOCC1. The van der Waals surface area contributed by atoms with E-state index in [2.05, 4.69) is 27.4 Å². The van der Waals surface area contributed by atoms with Gasteiger partial charge in [0, 0.05) is 56.1 Å². The maximum absolute atomic E-state index is 12.3. The highest BCUT2D eigenvalue weighted by Gasteiger charge is 2.24. The smallest absolute Gasteiger partial charge is 0.410 e. The van der Waals surface area contributed by atoms with Crippen molar-refractivity contribution >= 4 is 28.6 Å². The van der Waals surface area contributed by atoms with Crippen molar-refractivity contribution < 1.29 is 23.8 Å². The Balaban J connectivity index is 1.44. The minimum Gasteiger partial charge on any atom is -0.478 e. The Morgan fingerprint density at radius 1 is 1.15 bits per heavy atom. The van der Waals surface area contributed by atoms with Crippen molar-refractivity contribution in [2.24, 2.45) is 11.7 Å². The lowest BCUT2D eigenvalue weighted by atomic mass is 9.92. The highest BCUT2D eigenvalue weighted by Crippen LogP contribution is 2.32. The second-order valence-corrected chi connectivity index (χ2v) is 11.4. The zero-order valence-corrected chi connectivity index (χ0v) is 24.5. The van der Waals surface area contributed by atoms with Crippen LogP contribution in [0.5, 0.6) is 5.88 Å². The molecule has 1 aliphatic heterocycles. The van der Waals surface area contributed by atoms with Gasteiger partial charge in [-0.25, -0.2) is 9.78 Å². The number of nitrogens with zero attached hydrogens (tertiary/aromatic N) is 4. The molecular formula is C30H40N6O5. The van der Waals surface area contributed by atoms with Crippen LogP contribution >= 0.6 is 0 Å². The van der Waals surface area contributed by atoms with Crippen LogP contribution in [0.1, 0.15) is 57.4 Å². The first-order chi connectivity index (χ1) is 19.5. The van der Waals surface area contributed by atoms with Crippen LogP contribution in [0.25, 0.3) is 22.0 Å². The Kier molecular flexibility index (Phi) is 9.59. The largest absolute Gasteiger partial charge is 0.478 e. The Hall–Kier alpha value is -3.99. The lowest BCUT2D eigenvalue weighted by Gasteiger charge is -2.29. The lowest BCUT2D eigenvalue weighted by Crippen LogP contribution is -2.35. The first-order valence-electron chi connectivity index (χ1n) is 14.0. The van der Waals surface area contributed by atoms with Gasteiger partial charge in [0.05, 0.1) is 17.8 Å². The molecule has 0 bridgehead atoms. The zero-order chi connectivity index (χ0) is 29.6. The molecule has 1 unspecified atom stereocenters. The fourth-order valence-electron chi connectivity index (χ4n) is 4.71. The predicted octanol–water partition coefficient (Wildman–Crippen LogP) is 4.65. The van der Waals surface area contributed by atoms with E-state index >= 15 is 0 Å². The third kappa shape index (κ3) is 8.03. The van der Waals surface area contributed by atoms with Gasteiger partial charge < -0.3 is 30.2 Å². The summed E-state index contributed by atoms with van der Waals surface area (Å²) in [4.78, 5) is 30.3. The number of primary amides is 1. The third-order valence-corrected chi connectivity index (χ3v) is 7.00. The van der Waals surface area contributed by atoms with Gasteiger partial charge in [-0.1, -0.05) is 6.07 Å². The van der Waals surface area contributed by atoms with Crippen LogP contribution in [0.15, 0.2) is 36.5 Å². The van der Waals surface area contributed by atoms with Gasteiger partial charge in [-0.15, -0.1) is 10.2 Å². The molecule has 3 N–H and O–H groups in total. The number of carbonyl (C=O) groups excluding carboxylic acids is 2. The number of carbonyl (C=O) groups is 2. The van der Waals surface area contributed by atoms with Crippen LogP contribution in [-0.2, 0) is 9.47 Å². The molecule has 2 amide bonds. The minimum atomic E-state index is -0.632. The van der Waals surface area contributed by atoms with Crippen LogP contribution in [0.4, 0.5) is 10.5 Å². The second kappa shape index (κ2) is 13.1. The Labute approximate surface area is 240 Å². The van der Waals surface area contributed by atoms with Crippen LogP contribution in [0.2, 0.25) is 0 Å². The maximum Gasteiger partial charge on any atom is 0.410 e. The topological polar surface area (TPSA) is 142 Å². The number of nitrogens with two attached hydrogens (primary N) is 1. The van der Waals surface area contributed by atoms with E-state index in [0.717, 1.165) is 42.6 Å². The highest BCUT2D eigenvalue weighted by molar-refractivity contribution is 6.05. The molecule has 0 aliphatic carbocycles. The standard InChI is InChI=1S/C30H40N6O5/c1-19(20-11-15-39-16-12-20)33-26-23-17-21(7-9-24(23)34-35-27(26)28(31)37)22-8-10-25(32-18-22)40-14-6-13-36(5)29(38)41-30(2,3)4/h7-10,17-20H,6,11-16H2,1-5H3,(H2,31,37)(H,33,34). The summed E-state index contributed by atoms with van der Waals surface area (Å²) in [6, 6.07) is 9.62. The fraction of sp³-hybridized carbons (Fsp3) is 0.500. The number of pyridine rings is 1. The van der Waals surface area contributed by atoms with Crippen molar-refractivity contribution in [3.8, 4) is 17.0 Å². The molecule has 1 aliphatic rings. The summed E-state index contributed by atoms with van der Waals surface area (Å²) in [5.74, 6) is 0.265. The van der Waals surface area contributed by atoms with Gasteiger partial charge in [0.2, 0.25) is 5.88 Å². The first kappa shape index (κ1) is 30.0. The number of fused-ring (bicyclic) bond motifs is 1. The number of amides is 2. The van der Waals surface area contributed by atoms with Crippen molar-refractivity contribution in [2.45, 2.75) is 58.6 Å². The first-order valence-corrected chi connectivity index (χ1v) is 14.0. The van der Waals surface area contributed by atoms with Crippen LogP contribution < -0.4 is 15.8 Å². The van der Waals surface area contributed by atoms with E-state index in [1.165, 1.54) is 4.90 Å². The number of hydrogen-bond donors (Lipinski definition) is 2. The Morgan fingerprint density at radius 3 is 2.54 bits per heavy atom. The molecule has 1 aromatic carbocycles. The molecule has 3 aromatic rings. The summed E-state index contributed by atoms with van der Waals surface area (Å²) in [6.07, 6.45) is 3.91. The van der Waals surface area contributed by atoms with Gasteiger partial charge in [0.15, 0.2) is 5.69 Å². The molecule has 2 aromatic heterocycles. The number of aromatic nitrogens is 3. The number of benzene rings is 1. The van der Waals surface area contributed by atoms with E-state index < -0.39 is 11.5 Å². The summed E-state index contributed by atoms with van der Waals surface area (Å²) in [7, 11) is 1.70. The number of ether oxygens (including phenoxy) is 3. The van der Waals surface area contributed by atoms with Gasteiger partial charge in [0.1, 0.15) is 5.60 Å². The highest BCUT2D eigenvalue weighted by atomic mass is 16.6. The molecule has 1 fully saturated rings. The predicted molar refractivity (Wildman–Crippen MR) is 157 cm³/mol. The van der Waals surface area contributed by atoms with Gasteiger partial charge in [-0.05, 0) is 76.6 Å². The van der Waals surface area contributed by atoms with Gasteiger partial charge in [-0.2, -0.15) is 0 Å². The zero-order valence-electron chi connectivity index (χ0n) is 24.5. The van der Waals surface area contributed by atoms with Crippen LogP contribution in [0.3, 0.4) is 0 Å². The van der Waals surface area contributed by atoms with Crippen molar-refractivity contribution in [1.29, 1.82) is 0 Å². The average Bonchev–Trinajstić information content (AvgIpc) is 2.94. The molecule has 0 saturated carbocycles. The molecule has 11 heteroatoms. The lowest BCUT2D eigenvalue weighted by molar-refractivity contribution is 0.0291. The van der Waals surface area contributed by atoms with Crippen LogP contribution in [-0.4, -0.2) is 77.1 Å².